The SMILES string of the molecule is COC(=O)C(c1ccc(Cl)c(Cl)c1)N1CCNC(=O)CC1. The lowest BCUT2D eigenvalue weighted by Crippen LogP contribution is -2.37. The van der Waals surface area contributed by atoms with Crippen molar-refractivity contribution in [2.45, 2.75) is 12.5 Å². The molecule has 1 aromatic carbocycles. The normalized spacial score (nSPS) is 17.8. The molecule has 1 heterocycles. The Morgan fingerprint density at radius 2 is 2.10 bits per heavy atom. The molecule has 1 N–H and O–H groups in total. The molecule has 5 nitrogen and oxygen atoms in total. The van der Waals surface area contributed by atoms with Crippen molar-refractivity contribution >= 4 is 35.1 Å². The number of ether oxygens (including phenoxy) is 1. The molecule has 1 unspecified atom stereocenters. The first kappa shape index (κ1) is 16.1. The fraction of sp³-hybridized carbons (Fsp3) is 0.429. The molecular weight excluding hydrogens is 315 g/mol. The number of benzene rings is 1. The van der Waals surface area contributed by atoms with Gasteiger partial charge in [0.2, 0.25) is 5.91 Å². The number of rotatable bonds is 3. The molecule has 114 valence electrons. The molecule has 2 rings (SSSR count). The van der Waals surface area contributed by atoms with Crippen molar-refractivity contribution in [3.8, 4) is 0 Å². The number of carbonyl (C=O) groups is 2. The van der Waals surface area contributed by atoms with Gasteiger partial charge in [-0.3, -0.25) is 9.69 Å². The van der Waals surface area contributed by atoms with E-state index in [2.05, 4.69) is 5.32 Å². The maximum Gasteiger partial charge on any atom is 0.327 e. The zero-order valence-electron chi connectivity index (χ0n) is 11.6. The van der Waals surface area contributed by atoms with E-state index < -0.39 is 6.04 Å². The summed E-state index contributed by atoms with van der Waals surface area (Å²) < 4.78 is 4.90. The number of halogens is 2. The molecule has 7 heteroatoms. The second kappa shape index (κ2) is 7.11. The third-order valence-corrected chi connectivity index (χ3v) is 4.14. The fourth-order valence-electron chi connectivity index (χ4n) is 2.33. The first-order valence-electron chi connectivity index (χ1n) is 6.56. The summed E-state index contributed by atoms with van der Waals surface area (Å²) in [5.41, 5.74) is 0.700. The molecule has 1 aromatic rings. The van der Waals surface area contributed by atoms with Crippen LogP contribution in [0.2, 0.25) is 10.0 Å². The number of carbonyl (C=O) groups excluding carboxylic acids is 2. The molecule has 1 fully saturated rings. The first-order valence-corrected chi connectivity index (χ1v) is 7.32. The monoisotopic (exact) mass is 330 g/mol. The Morgan fingerprint density at radius 1 is 1.33 bits per heavy atom. The number of amides is 1. The highest BCUT2D eigenvalue weighted by Gasteiger charge is 2.30. The number of nitrogens with one attached hydrogen (secondary N) is 1. The molecule has 1 atom stereocenters. The molecule has 0 aliphatic carbocycles. The van der Waals surface area contributed by atoms with Gasteiger partial charge >= 0.3 is 5.97 Å². The van der Waals surface area contributed by atoms with Crippen molar-refractivity contribution in [2.75, 3.05) is 26.7 Å². The zero-order valence-corrected chi connectivity index (χ0v) is 13.1. The average Bonchev–Trinajstić information content (AvgIpc) is 2.68. The summed E-state index contributed by atoms with van der Waals surface area (Å²) in [6.45, 7) is 1.53. The van der Waals surface area contributed by atoms with Crippen LogP contribution in [-0.4, -0.2) is 43.5 Å². The minimum absolute atomic E-state index is 0.0183. The van der Waals surface area contributed by atoms with Crippen LogP contribution in [0, 0.1) is 0 Å². The largest absolute Gasteiger partial charge is 0.468 e. The lowest BCUT2D eigenvalue weighted by atomic mass is 10.0. The van der Waals surface area contributed by atoms with Crippen LogP contribution in [0.1, 0.15) is 18.0 Å². The van der Waals surface area contributed by atoms with Crippen LogP contribution in [-0.2, 0) is 14.3 Å². The molecule has 21 heavy (non-hydrogen) atoms. The van der Waals surface area contributed by atoms with E-state index in [0.29, 0.717) is 41.7 Å². The summed E-state index contributed by atoms with van der Waals surface area (Å²) >= 11 is 11.9. The zero-order chi connectivity index (χ0) is 15.4. The van der Waals surface area contributed by atoms with Gasteiger partial charge in [-0.2, -0.15) is 0 Å². The highest BCUT2D eigenvalue weighted by Crippen LogP contribution is 2.29. The molecular formula is C14H16Cl2N2O3. The molecule has 0 aromatic heterocycles. The van der Waals surface area contributed by atoms with E-state index >= 15 is 0 Å². The van der Waals surface area contributed by atoms with E-state index in [1.165, 1.54) is 7.11 Å². The minimum Gasteiger partial charge on any atom is -0.468 e. The fourth-order valence-corrected chi connectivity index (χ4v) is 2.64. The number of hydrogen-bond acceptors (Lipinski definition) is 4. The first-order chi connectivity index (χ1) is 10.0. The number of nitrogens with zero attached hydrogens (tertiary/aromatic N) is 1. The van der Waals surface area contributed by atoms with Gasteiger partial charge in [0.15, 0.2) is 0 Å². The van der Waals surface area contributed by atoms with E-state index in [4.69, 9.17) is 27.9 Å². The van der Waals surface area contributed by atoms with E-state index in [1.807, 2.05) is 4.90 Å². The van der Waals surface area contributed by atoms with Crippen LogP contribution >= 0.6 is 23.2 Å². The van der Waals surface area contributed by atoms with Crippen LogP contribution < -0.4 is 5.32 Å². The number of hydrogen-bond donors (Lipinski definition) is 1. The van der Waals surface area contributed by atoms with E-state index in [1.54, 1.807) is 18.2 Å². The van der Waals surface area contributed by atoms with Gasteiger partial charge in [-0.1, -0.05) is 29.3 Å². The maximum atomic E-state index is 12.2. The molecule has 0 spiro atoms. The van der Waals surface area contributed by atoms with E-state index in [0.717, 1.165) is 0 Å². The molecule has 1 aliphatic heterocycles. The van der Waals surface area contributed by atoms with Gasteiger partial charge in [0, 0.05) is 26.1 Å². The highest BCUT2D eigenvalue weighted by atomic mass is 35.5. The molecule has 1 aliphatic rings. The molecule has 0 saturated carbocycles. The van der Waals surface area contributed by atoms with Crippen LogP contribution in [0.5, 0.6) is 0 Å². The molecule has 1 saturated heterocycles. The number of esters is 1. The van der Waals surface area contributed by atoms with Gasteiger partial charge in [0.1, 0.15) is 6.04 Å². The summed E-state index contributed by atoms with van der Waals surface area (Å²) in [6, 6.07) is 4.45. The molecule has 1 amide bonds. The Morgan fingerprint density at radius 3 is 2.76 bits per heavy atom. The van der Waals surface area contributed by atoms with Crippen molar-refractivity contribution in [1.29, 1.82) is 0 Å². The van der Waals surface area contributed by atoms with Crippen molar-refractivity contribution in [1.82, 2.24) is 10.2 Å². The van der Waals surface area contributed by atoms with Gasteiger partial charge < -0.3 is 10.1 Å². The van der Waals surface area contributed by atoms with Crippen LogP contribution in [0.4, 0.5) is 0 Å². The predicted molar refractivity (Wildman–Crippen MR) is 80.4 cm³/mol. The predicted octanol–water partition coefficient (Wildman–Crippen LogP) is 2.03. The van der Waals surface area contributed by atoms with Gasteiger partial charge in [0.25, 0.3) is 0 Å². The topological polar surface area (TPSA) is 58.6 Å². The van der Waals surface area contributed by atoms with Gasteiger partial charge in [-0.25, -0.2) is 4.79 Å². The van der Waals surface area contributed by atoms with Crippen molar-refractivity contribution in [3.05, 3.63) is 33.8 Å². The van der Waals surface area contributed by atoms with Crippen molar-refractivity contribution in [3.63, 3.8) is 0 Å². The Labute approximate surface area is 133 Å². The van der Waals surface area contributed by atoms with Crippen LogP contribution in [0.15, 0.2) is 18.2 Å². The lowest BCUT2D eigenvalue weighted by Gasteiger charge is -2.28. The third kappa shape index (κ3) is 3.87. The third-order valence-electron chi connectivity index (χ3n) is 3.40. The summed E-state index contributed by atoms with van der Waals surface area (Å²) in [4.78, 5) is 25.5. The van der Waals surface area contributed by atoms with Gasteiger partial charge in [0.05, 0.1) is 17.2 Å². The quantitative estimate of drug-likeness (QED) is 0.861. The van der Waals surface area contributed by atoms with Crippen LogP contribution in [0.3, 0.4) is 0 Å². The Bertz CT molecular complexity index is 551. The second-order valence-corrected chi connectivity index (χ2v) is 5.55. The van der Waals surface area contributed by atoms with Crippen molar-refractivity contribution < 1.29 is 14.3 Å². The van der Waals surface area contributed by atoms with Gasteiger partial charge in [-0.15, -0.1) is 0 Å². The number of methoxy groups -OCH3 is 1. The Balaban J connectivity index is 2.31. The van der Waals surface area contributed by atoms with E-state index in [9.17, 15) is 9.59 Å². The van der Waals surface area contributed by atoms with Crippen molar-refractivity contribution in [2.24, 2.45) is 0 Å². The standard InChI is InChI=1S/C14H16Cl2N2O3/c1-21-14(20)13(9-2-3-10(15)11(16)8-9)18-6-4-12(19)17-5-7-18/h2-3,8,13H,4-7H2,1H3,(H,17,19). The molecule has 0 radical (unpaired) electrons. The Kier molecular flexibility index (Phi) is 5.45. The smallest absolute Gasteiger partial charge is 0.327 e. The summed E-state index contributed by atoms with van der Waals surface area (Å²) in [5, 5.41) is 3.59. The lowest BCUT2D eigenvalue weighted by molar-refractivity contribution is -0.147. The maximum absolute atomic E-state index is 12.2. The summed E-state index contributed by atoms with van der Waals surface area (Å²) in [5.74, 6) is -0.405. The average molecular weight is 331 g/mol. The minimum atomic E-state index is -0.600. The second-order valence-electron chi connectivity index (χ2n) is 4.74. The van der Waals surface area contributed by atoms with Gasteiger partial charge in [-0.05, 0) is 17.7 Å². The van der Waals surface area contributed by atoms with E-state index in [-0.39, 0.29) is 11.9 Å². The van der Waals surface area contributed by atoms with Crippen LogP contribution in [0.25, 0.3) is 0 Å². The summed E-state index contributed by atoms with van der Waals surface area (Å²) in [7, 11) is 1.34. The summed E-state index contributed by atoms with van der Waals surface area (Å²) in [6.07, 6.45) is 0.342. The molecule has 0 bridgehead atoms. The highest BCUT2D eigenvalue weighted by molar-refractivity contribution is 6.42. The Hall–Kier alpha value is -1.30.